The lowest BCUT2D eigenvalue weighted by Gasteiger charge is -2.25. The van der Waals surface area contributed by atoms with Crippen molar-refractivity contribution in [2.24, 2.45) is 0 Å². The highest BCUT2D eigenvalue weighted by Crippen LogP contribution is 2.08. The Morgan fingerprint density at radius 2 is 1.81 bits per heavy atom. The summed E-state index contributed by atoms with van der Waals surface area (Å²) in [6.45, 7) is 5.77. The smallest absolute Gasteiger partial charge is 0.302 e. The lowest BCUT2D eigenvalue weighted by molar-refractivity contribution is -0.142. The number of amides is 1. The van der Waals surface area contributed by atoms with Crippen LogP contribution in [-0.2, 0) is 16.1 Å². The minimum absolute atomic E-state index is 0.137. The zero-order chi connectivity index (χ0) is 15.9. The Bertz CT molecular complexity index is 483. The van der Waals surface area contributed by atoms with Gasteiger partial charge in [0, 0.05) is 19.0 Å². The molecule has 0 bridgehead atoms. The molecule has 21 heavy (non-hydrogen) atoms. The molecule has 116 valence electrons. The minimum Gasteiger partial charge on any atom is -0.463 e. The second-order valence-corrected chi connectivity index (χ2v) is 5.42. The summed E-state index contributed by atoms with van der Waals surface area (Å²) in [5, 5.41) is 2.85. The summed E-state index contributed by atoms with van der Waals surface area (Å²) in [5.74, 6) is -0.556. The van der Waals surface area contributed by atoms with Crippen molar-refractivity contribution in [2.45, 2.75) is 32.9 Å². The van der Waals surface area contributed by atoms with Gasteiger partial charge in [-0.1, -0.05) is 12.1 Å². The first-order valence-corrected chi connectivity index (χ1v) is 6.78. The fraction of sp³-hybridized carbons (Fsp3) is 0.467. The number of esters is 1. The zero-order valence-corrected chi connectivity index (χ0v) is 12.9. The van der Waals surface area contributed by atoms with Crippen LogP contribution in [0.25, 0.3) is 0 Å². The highest BCUT2D eigenvalue weighted by Gasteiger charge is 2.22. The quantitative estimate of drug-likeness (QED) is 0.516. The molecule has 0 saturated heterocycles. The molecule has 6 nitrogen and oxygen atoms in total. The first-order chi connectivity index (χ1) is 9.84. The topological polar surface area (TPSA) is 79.5 Å². The summed E-state index contributed by atoms with van der Waals surface area (Å²) >= 11 is 0. The number of carbonyl (C=O) groups excluding carboxylic acids is 2. The minimum atomic E-state index is -0.616. The molecule has 0 saturated carbocycles. The van der Waals surface area contributed by atoms with Crippen molar-refractivity contribution in [3.63, 3.8) is 0 Å². The lowest BCUT2D eigenvalue weighted by Crippen LogP contribution is -2.47. The maximum absolute atomic E-state index is 12.2. The van der Waals surface area contributed by atoms with Crippen LogP contribution >= 0.6 is 0 Å². The van der Waals surface area contributed by atoms with E-state index < -0.39 is 5.54 Å². The molecule has 6 heteroatoms. The average Bonchev–Trinajstić information content (AvgIpc) is 2.43. The Labute approximate surface area is 125 Å². The third-order valence-corrected chi connectivity index (χ3v) is 2.77. The van der Waals surface area contributed by atoms with Crippen molar-refractivity contribution in [3.8, 4) is 0 Å². The molecule has 1 aromatic rings. The SMILES string of the molecule is CNNCc1ccc(C(=O)NC(C)(C)COC(C)=O)cc1. The maximum Gasteiger partial charge on any atom is 0.302 e. The van der Waals surface area contributed by atoms with Gasteiger partial charge in [0.25, 0.3) is 5.91 Å². The van der Waals surface area contributed by atoms with Crippen LogP contribution < -0.4 is 16.2 Å². The van der Waals surface area contributed by atoms with Gasteiger partial charge >= 0.3 is 5.97 Å². The fourth-order valence-electron chi connectivity index (χ4n) is 1.66. The molecule has 1 amide bonds. The van der Waals surface area contributed by atoms with Crippen molar-refractivity contribution in [2.75, 3.05) is 13.7 Å². The van der Waals surface area contributed by atoms with Crippen LogP contribution in [0.3, 0.4) is 0 Å². The van der Waals surface area contributed by atoms with E-state index in [1.54, 1.807) is 33.0 Å². The molecule has 0 aliphatic carbocycles. The summed E-state index contributed by atoms with van der Waals surface area (Å²) in [6, 6.07) is 7.31. The van der Waals surface area contributed by atoms with Gasteiger partial charge < -0.3 is 10.1 Å². The van der Waals surface area contributed by atoms with Gasteiger partial charge in [0.1, 0.15) is 6.61 Å². The van der Waals surface area contributed by atoms with Gasteiger partial charge in [-0.25, -0.2) is 0 Å². The molecule has 0 aliphatic rings. The third-order valence-electron chi connectivity index (χ3n) is 2.77. The van der Waals surface area contributed by atoms with E-state index in [0.717, 1.165) is 5.56 Å². The summed E-state index contributed by atoms with van der Waals surface area (Å²) < 4.78 is 4.94. The molecule has 1 rings (SSSR count). The van der Waals surface area contributed by atoms with Crippen LogP contribution in [0.15, 0.2) is 24.3 Å². The Balaban J connectivity index is 2.60. The molecule has 0 aliphatic heterocycles. The van der Waals surface area contributed by atoms with E-state index in [9.17, 15) is 9.59 Å². The Morgan fingerprint density at radius 3 is 2.33 bits per heavy atom. The molecular weight excluding hydrogens is 270 g/mol. The molecular formula is C15H23N3O3. The fourth-order valence-corrected chi connectivity index (χ4v) is 1.66. The van der Waals surface area contributed by atoms with Crippen molar-refractivity contribution in [1.29, 1.82) is 0 Å². The van der Waals surface area contributed by atoms with E-state index in [-0.39, 0.29) is 18.5 Å². The summed E-state index contributed by atoms with van der Waals surface area (Å²) in [6.07, 6.45) is 0. The summed E-state index contributed by atoms with van der Waals surface area (Å²) in [7, 11) is 1.80. The first kappa shape index (κ1) is 17.1. The number of hydrogen-bond acceptors (Lipinski definition) is 5. The molecule has 0 heterocycles. The van der Waals surface area contributed by atoms with E-state index in [1.807, 2.05) is 12.1 Å². The predicted octanol–water partition coefficient (Wildman–Crippen LogP) is 0.982. The van der Waals surface area contributed by atoms with Gasteiger partial charge in [-0.05, 0) is 38.6 Å². The van der Waals surface area contributed by atoms with Gasteiger partial charge in [-0.3, -0.25) is 20.4 Å². The van der Waals surface area contributed by atoms with E-state index in [2.05, 4.69) is 16.2 Å². The van der Waals surface area contributed by atoms with Crippen LogP contribution in [0.5, 0.6) is 0 Å². The largest absolute Gasteiger partial charge is 0.463 e. The van der Waals surface area contributed by atoms with Gasteiger partial charge in [0.05, 0.1) is 5.54 Å². The molecule has 0 fully saturated rings. The second-order valence-electron chi connectivity index (χ2n) is 5.42. The highest BCUT2D eigenvalue weighted by atomic mass is 16.5. The monoisotopic (exact) mass is 293 g/mol. The number of hydrogen-bond donors (Lipinski definition) is 3. The summed E-state index contributed by atoms with van der Waals surface area (Å²) in [4.78, 5) is 23.0. The van der Waals surface area contributed by atoms with Crippen LogP contribution in [0, 0.1) is 0 Å². The predicted molar refractivity (Wildman–Crippen MR) is 80.5 cm³/mol. The standard InChI is InChI=1S/C15H23N3O3/c1-11(19)21-10-15(2,3)18-14(20)13-7-5-12(6-8-13)9-17-16-4/h5-8,16-17H,9-10H2,1-4H3,(H,18,20). The number of nitrogens with one attached hydrogen (secondary N) is 3. The normalized spacial score (nSPS) is 11.0. The van der Waals surface area contributed by atoms with E-state index in [4.69, 9.17) is 4.74 Å². The molecule has 1 aromatic carbocycles. The van der Waals surface area contributed by atoms with Gasteiger partial charge in [0.2, 0.25) is 0 Å². The Kier molecular flexibility index (Phi) is 6.33. The molecule has 0 aromatic heterocycles. The van der Waals surface area contributed by atoms with E-state index >= 15 is 0 Å². The van der Waals surface area contributed by atoms with Crippen LogP contribution in [0.2, 0.25) is 0 Å². The summed E-state index contributed by atoms with van der Waals surface area (Å²) in [5.41, 5.74) is 6.84. The third kappa shape index (κ3) is 6.37. The highest BCUT2D eigenvalue weighted by molar-refractivity contribution is 5.94. The van der Waals surface area contributed by atoms with Crippen LogP contribution in [-0.4, -0.2) is 31.1 Å². The number of rotatable bonds is 7. The second kappa shape index (κ2) is 7.75. The number of hydrazine groups is 1. The zero-order valence-electron chi connectivity index (χ0n) is 12.9. The van der Waals surface area contributed by atoms with Crippen molar-refractivity contribution >= 4 is 11.9 Å². The van der Waals surface area contributed by atoms with Gasteiger partial charge in [-0.15, -0.1) is 0 Å². The molecule has 0 radical (unpaired) electrons. The molecule has 0 atom stereocenters. The van der Waals surface area contributed by atoms with Crippen molar-refractivity contribution in [3.05, 3.63) is 35.4 Å². The average molecular weight is 293 g/mol. The lowest BCUT2D eigenvalue weighted by atomic mass is 10.1. The van der Waals surface area contributed by atoms with E-state index in [1.165, 1.54) is 6.92 Å². The number of carbonyl (C=O) groups is 2. The van der Waals surface area contributed by atoms with Crippen LogP contribution in [0.1, 0.15) is 36.7 Å². The van der Waals surface area contributed by atoms with Crippen molar-refractivity contribution < 1.29 is 14.3 Å². The first-order valence-electron chi connectivity index (χ1n) is 6.78. The molecule has 0 spiro atoms. The van der Waals surface area contributed by atoms with Crippen LogP contribution in [0.4, 0.5) is 0 Å². The Hall–Kier alpha value is -1.92. The van der Waals surface area contributed by atoms with Crippen molar-refractivity contribution in [1.82, 2.24) is 16.2 Å². The number of benzene rings is 1. The number of ether oxygens (including phenoxy) is 1. The Morgan fingerprint density at radius 1 is 1.19 bits per heavy atom. The maximum atomic E-state index is 12.2. The molecule has 3 N–H and O–H groups in total. The molecule has 0 unspecified atom stereocenters. The van der Waals surface area contributed by atoms with E-state index in [0.29, 0.717) is 12.1 Å². The van der Waals surface area contributed by atoms with Gasteiger partial charge in [0.15, 0.2) is 0 Å². The van der Waals surface area contributed by atoms with Gasteiger partial charge in [-0.2, -0.15) is 0 Å².